The van der Waals surface area contributed by atoms with Gasteiger partial charge in [-0.1, -0.05) is 38.1 Å². The molecule has 0 unspecified atom stereocenters. The summed E-state index contributed by atoms with van der Waals surface area (Å²) in [6, 6.07) is 14.9. The van der Waals surface area contributed by atoms with Crippen LogP contribution in [0.15, 0.2) is 48.5 Å². The van der Waals surface area contributed by atoms with E-state index in [1.807, 2.05) is 18.2 Å². The zero-order chi connectivity index (χ0) is 14.5. The van der Waals surface area contributed by atoms with Crippen molar-refractivity contribution in [3.63, 3.8) is 0 Å². The smallest absolute Gasteiger partial charge is 0.269 e. The van der Waals surface area contributed by atoms with Crippen molar-refractivity contribution in [1.29, 1.82) is 0 Å². The number of nitrogens with one attached hydrogen (secondary N) is 1. The van der Waals surface area contributed by atoms with Crippen LogP contribution in [0.1, 0.15) is 30.9 Å². The Morgan fingerprint density at radius 2 is 1.85 bits per heavy atom. The summed E-state index contributed by atoms with van der Waals surface area (Å²) in [6.45, 7) is 4.89. The summed E-state index contributed by atoms with van der Waals surface area (Å²) in [5, 5.41) is 14.0. The van der Waals surface area contributed by atoms with Gasteiger partial charge in [-0.3, -0.25) is 10.1 Å². The molecule has 0 spiro atoms. The molecule has 0 bridgehead atoms. The van der Waals surface area contributed by atoms with E-state index >= 15 is 0 Å². The van der Waals surface area contributed by atoms with Gasteiger partial charge in [-0.2, -0.15) is 0 Å². The molecule has 104 valence electrons. The quantitative estimate of drug-likeness (QED) is 0.650. The minimum absolute atomic E-state index is 0.124. The van der Waals surface area contributed by atoms with Gasteiger partial charge in [0.1, 0.15) is 0 Å². The maximum Gasteiger partial charge on any atom is 0.269 e. The lowest BCUT2D eigenvalue weighted by atomic mass is 10.0. The SMILES string of the molecule is CC(C)c1ccc(NCc2cccc([N+](=O)[O-])c2)cc1. The number of hydrogen-bond donors (Lipinski definition) is 1. The molecule has 2 aromatic rings. The largest absolute Gasteiger partial charge is 0.381 e. The molecule has 0 amide bonds. The van der Waals surface area contributed by atoms with E-state index in [1.165, 1.54) is 11.6 Å². The number of benzene rings is 2. The van der Waals surface area contributed by atoms with Crippen molar-refractivity contribution in [2.24, 2.45) is 0 Å². The van der Waals surface area contributed by atoms with Gasteiger partial charge in [0.2, 0.25) is 0 Å². The number of nitrogens with zero attached hydrogens (tertiary/aromatic N) is 1. The van der Waals surface area contributed by atoms with Crippen LogP contribution < -0.4 is 5.32 Å². The number of non-ortho nitro benzene ring substituents is 1. The first kappa shape index (κ1) is 14.1. The fourth-order valence-electron chi connectivity index (χ4n) is 1.97. The predicted octanol–water partition coefficient (Wildman–Crippen LogP) is 4.33. The lowest BCUT2D eigenvalue weighted by Crippen LogP contribution is -2.00. The summed E-state index contributed by atoms with van der Waals surface area (Å²) in [5.41, 5.74) is 3.33. The summed E-state index contributed by atoms with van der Waals surface area (Å²) >= 11 is 0. The molecule has 0 saturated heterocycles. The molecule has 0 aliphatic rings. The van der Waals surface area contributed by atoms with Crippen molar-refractivity contribution in [3.05, 3.63) is 69.8 Å². The van der Waals surface area contributed by atoms with Gasteiger partial charge in [-0.25, -0.2) is 0 Å². The molecule has 0 fully saturated rings. The Kier molecular flexibility index (Phi) is 4.35. The second-order valence-corrected chi connectivity index (χ2v) is 5.06. The first-order valence-corrected chi connectivity index (χ1v) is 6.63. The van der Waals surface area contributed by atoms with Gasteiger partial charge in [0.05, 0.1) is 4.92 Å². The van der Waals surface area contributed by atoms with E-state index in [2.05, 4.69) is 31.3 Å². The molecular weight excluding hydrogens is 252 g/mol. The first-order chi connectivity index (χ1) is 9.56. The Hall–Kier alpha value is -2.36. The Morgan fingerprint density at radius 1 is 1.15 bits per heavy atom. The van der Waals surface area contributed by atoms with E-state index in [-0.39, 0.29) is 10.6 Å². The van der Waals surface area contributed by atoms with Crippen LogP contribution >= 0.6 is 0 Å². The third-order valence-electron chi connectivity index (χ3n) is 3.20. The third-order valence-corrected chi connectivity index (χ3v) is 3.20. The molecule has 1 N–H and O–H groups in total. The number of anilines is 1. The predicted molar refractivity (Wildman–Crippen MR) is 81.0 cm³/mol. The monoisotopic (exact) mass is 270 g/mol. The molecule has 20 heavy (non-hydrogen) atoms. The van der Waals surface area contributed by atoms with Crippen LogP contribution in [0.2, 0.25) is 0 Å². The lowest BCUT2D eigenvalue weighted by molar-refractivity contribution is -0.384. The molecule has 2 aromatic carbocycles. The van der Waals surface area contributed by atoms with Gasteiger partial charge >= 0.3 is 0 Å². The van der Waals surface area contributed by atoms with E-state index in [9.17, 15) is 10.1 Å². The third kappa shape index (κ3) is 3.57. The second-order valence-electron chi connectivity index (χ2n) is 5.06. The van der Waals surface area contributed by atoms with Gasteiger partial charge in [-0.15, -0.1) is 0 Å². The number of hydrogen-bond acceptors (Lipinski definition) is 3. The molecule has 0 atom stereocenters. The normalized spacial score (nSPS) is 10.6. The average molecular weight is 270 g/mol. The zero-order valence-corrected chi connectivity index (χ0v) is 11.7. The minimum atomic E-state index is -0.374. The van der Waals surface area contributed by atoms with Crippen molar-refractivity contribution >= 4 is 11.4 Å². The molecule has 0 saturated carbocycles. The highest BCUT2D eigenvalue weighted by Crippen LogP contribution is 2.18. The molecule has 4 heteroatoms. The van der Waals surface area contributed by atoms with Gasteiger partial charge < -0.3 is 5.32 Å². The van der Waals surface area contributed by atoms with E-state index in [4.69, 9.17) is 0 Å². The van der Waals surface area contributed by atoms with Crippen molar-refractivity contribution in [1.82, 2.24) is 0 Å². The van der Waals surface area contributed by atoms with Gasteiger partial charge in [0.15, 0.2) is 0 Å². The molecule has 0 aliphatic heterocycles. The molecular formula is C16H18N2O2. The molecule has 0 radical (unpaired) electrons. The van der Waals surface area contributed by atoms with Crippen molar-refractivity contribution in [2.75, 3.05) is 5.32 Å². The fourth-order valence-corrected chi connectivity index (χ4v) is 1.97. The maximum absolute atomic E-state index is 10.7. The van der Waals surface area contributed by atoms with E-state index in [0.717, 1.165) is 11.3 Å². The van der Waals surface area contributed by atoms with E-state index in [0.29, 0.717) is 12.5 Å². The second kappa shape index (κ2) is 6.19. The number of nitro groups is 1. The Labute approximate surface area is 118 Å². The Bertz CT molecular complexity index is 592. The van der Waals surface area contributed by atoms with Gasteiger partial charge in [0, 0.05) is 24.4 Å². The topological polar surface area (TPSA) is 55.2 Å². The van der Waals surface area contributed by atoms with Crippen molar-refractivity contribution in [3.8, 4) is 0 Å². The number of nitro benzene ring substituents is 1. The summed E-state index contributed by atoms with van der Waals surface area (Å²) in [4.78, 5) is 10.3. The van der Waals surface area contributed by atoms with Crippen molar-refractivity contribution in [2.45, 2.75) is 26.3 Å². The highest BCUT2D eigenvalue weighted by molar-refractivity contribution is 5.46. The molecule has 0 heterocycles. The Balaban J connectivity index is 2.01. The first-order valence-electron chi connectivity index (χ1n) is 6.63. The summed E-state index contributed by atoms with van der Waals surface area (Å²) in [7, 11) is 0. The lowest BCUT2D eigenvalue weighted by Gasteiger charge is -2.09. The summed E-state index contributed by atoms with van der Waals surface area (Å²) in [6.07, 6.45) is 0. The van der Waals surface area contributed by atoms with Crippen molar-refractivity contribution < 1.29 is 4.92 Å². The van der Waals surface area contributed by atoms with Crippen LogP contribution in [-0.2, 0) is 6.54 Å². The highest BCUT2D eigenvalue weighted by atomic mass is 16.6. The average Bonchev–Trinajstić information content (AvgIpc) is 2.46. The standard InChI is InChI=1S/C16H18N2O2/c1-12(2)14-6-8-15(9-7-14)17-11-13-4-3-5-16(10-13)18(19)20/h3-10,12,17H,11H2,1-2H3. The Morgan fingerprint density at radius 3 is 2.45 bits per heavy atom. The van der Waals surface area contributed by atoms with Crippen LogP contribution in [-0.4, -0.2) is 4.92 Å². The molecule has 0 aliphatic carbocycles. The van der Waals surface area contributed by atoms with Crippen LogP contribution in [0.5, 0.6) is 0 Å². The van der Waals surface area contributed by atoms with Crippen LogP contribution in [0.25, 0.3) is 0 Å². The highest BCUT2D eigenvalue weighted by Gasteiger charge is 2.05. The van der Waals surface area contributed by atoms with Gasteiger partial charge in [0.25, 0.3) is 5.69 Å². The zero-order valence-electron chi connectivity index (χ0n) is 11.7. The molecule has 4 nitrogen and oxygen atoms in total. The molecule has 2 rings (SSSR count). The van der Waals surface area contributed by atoms with Crippen LogP contribution in [0.3, 0.4) is 0 Å². The van der Waals surface area contributed by atoms with Gasteiger partial charge in [-0.05, 0) is 29.2 Å². The number of rotatable bonds is 5. The summed E-state index contributed by atoms with van der Waals surface area (Å²) < 4.78 is 0. The molecule has 0 aromatic heterocycles. The summed E-state index contributed by atoms with van der Waals surface area (Å²) in [5.74, 6) is 0.515. The van der Waals surface area contributed by atoms with Crippen LogP contribution in [0, 0.1) is 10.1 Å². The fraction of sp³-hybridized carbons (Fsp3) is 0.250. The van der Waals surface area contributed by atoms with E-state index < -0.39 is 0 Å². The van der Waals surface area contributed by atoms with Crippen LogP contribution in [0.4, 0.5) is 11.4 Å². The van der Waals surface area contributed by atoms with E-state index in [1.54, 1.807) is 12.1 Å². The maximum atomic E-state index is 10.7. The minimum Gasteiger partial charge on any atom is -0.381 e.